The van der Waals surface area contributed by atoms with Gasteiger partial charge in [-0.25, -0.2) is 17.5 Å². The first-order chi connectivity index (χ1) is 9.47. The Kier molecular flexibility index (Phi) is 4.26. The summed E-state index contributed by atoms with van der Waals surface area (Å²) in [5, 5.41) is 8.54. The van der Waals surface area contributed by atoms with Crippen LogP contribution in [-0.4, -0.2) is 33.3 Å². The summed E-state index contributed by atoms with van der Waals surface area (Å²) >= 11 is 0. The fourth-order valence-corrected chi connectivity index (χ4v) is 3.82. The molecule has 0 unspecified atom stereocenters. The van der Waals surface area contributed by atoms with Crippen LogP contribution in [0.4, 0.5) is 10.1 Å². The van der Waals surface area contributed by atoms with Crippen molar-refractivity contribution in [1.29, 1.82) is 5.26 Å². The quantitative estimate of drug-likeness (QED) is 0.907. The van der Waals surface area contributed by atoms with Crippen molar-refractivity contribution in [2.24, 2.45) is 0 Å². The molecular formula is C13H16FN3O2S. The number of rotatable bonds is 4. The summed E-state index contributed by atoms with van der Waals surface area (Å²) in [5.74, 6) is -0.471. The van der Waals surface area contributed by atoms with Crippen LogP contribution >= 0.6 is 0 Å². The van der Waals surface area contributed by atoms with Crippen molar-refractivity contribution in [2.75, 3.05) is 24.5 Å². The minimum Gasteiger partial charge on any atom is -0.369 e. The highest BCUT2D eigenvalue weighted by Gasteiger charge is 2.33. The predicted octanol–water partition coefficient (Wildman–Crippen LogP) is 1.22. The molecule has 1 aromatic carbocycles. The summed E-state index contributed by atoms with van der Waals surface area (Å²) in [6.07, 6.45) is 0.498. The number of benzene rings is 1. The lowest BCUT2D eigenvalue weighted by molar-refractivity contribution is 0.570. The maximum atomic E-state index is 13.1. The van der Waals surface area contributed by atoms with Crippen LogP contribution in [0.1, 0.15) is 18.9 Å². The van der Waals surface area contributed by atoms with Crippen molar-refractivity contribution in [1.82, 2.24) is 4.72 Å². The summed E-state index contributed by atoms with van der Waals surface area (Å²) in [7, 11) is -3.33. The van der Waals surface area contributed by atoms with E-state index in [1.165, 1.54) is 18.2 Å². The van der Waals surface area contributed by atoms with Crippen LogP contribution in [-0.2, 0) is 10.0 Å². The molecule has 1 aliphatic rings. The molecular weight excluding hydrogens is 281 g/mol. The molecule has 0 aromatic heterocycles. The molecule has 1 heterocycles. The fourth-order valence-electron chi connectivity index (χ4n) is 2.39. The van der Waals surface area contributed by atoms with Gasteiger partial charge in [-0.2, -0.15) is 5.26 Å². The van der Waals surface area contributed by atoms with Crippen molar-refractivity contribution < 1.29 is 12.8 Å². The second-order valence-corrected chi connectivity index (χ2v) is 6.72. The lowest BCUT2D eigenvalue weighted by Crippen LogP contribution is -2.36. The van der Waals surface area contributed by atoms with Crippen LogP contribution in [0.25, 0.3) is 0 Å². The highest BCUT2D eigenvalue weighted by Crippen LogP contribution is 2.27. The SMILES string of the molecule is CCNS(=O)(=O)[C@H]1CCN(c2ccc(F)cc2C#N)C1. The second-order valence-electron chi connectivity index (χ2n) is 4.67. The largest absolute Gasteiger partial charge is 0.369 e. The minimum atomic E-state index is -3.33. The highest BCUT2D eigenvalue weighted by molar-refractivity contribution is 7.90. The van der Waals surface area contributed by atoms with Crippen LogP contribution in [0.15, 0.2) is 18.2 Å². The summed E-state index contributed by atoms with van der Waals surface area (Å²) < 4.78 is 39.5. The van der Waals surface area contributed by atoms with Gasteiger partial charge < -0.3 is 4.90 Å². The summed E-state index contributed by atoms with van der Waals surface area (Å²) in [5.41, 5.74) is 0.814. The van der Waals surface area contributed by atoms with Gasteiger partial charge in [0, 0.05) is 19.6 Å². The number of hydrogen-bond acceptors (Lipinski definition) is 4. The van der Waals surface area contributed by atoms with Gasteiger partial charge in [0.2, 0.25) is 10.0 Å². The second kappa shape index (κ2) is 5.77. The van der Waals surface area contributed by atoms with Crippen LogP contribution in [0.3, 0.4) is 0 Å². The van der Waals surface area contributed by atoms with Gasteiger partial charge in [0.05, 0.1) is 16.5 Å². The van der Waals surface area contributed by atoms with E-state index in [4.69, 9.17) is 5.26 Å². The van der Waals surface area contributed by atoms with E-state index in [1.807, 2.05) is 11.0 Å². The summed E-state index contributed by atoms with van der Waals surface area (Å²) in [6.45, 7) is 2.95. The molecule has 0 aliphatic carbocycles. The van der Waals surface area contributed by atoms with E-state index < -0.39 is 21.1 Å². The molecule has 7 heteroatoms. The van der Waals surface area contributed by atoms with E-state index in [0.717, 1.165) is 0 Å². The van der Waals surface area contributed by atoms with E-state index >= 15 is 0 Å². The Morgan fingerprint density at radius 2 is 2.30 bits per heavy atom. The van der Waals surface area contributed by atoms with Gasteiger partial charge in [0.15, 0.2) is 0 Å². The minimum absolute atomic E-state index is 0.228. The van der Waals surface area contributed by atoms with Crippen LogP contribution in [0, 0.1) is 17.1 Å². The molecule has 0 spiro atoms. The number of nitriles is 1. The monoisotopic (exact) mass is 297 g/mol. The molecule has 1 N–H and O–H groups in total. The van der Waals surface area contributed by atoms with Gasteiger partial charge in [0.25, 0.3) is 0 Å². The number of anilines is 1. The van der Waals surface area contributed by atoms with E-state index in [0.29, 0.717) is 31.7 Å². The van der Waals surface area contributed by atoms with E-state index in [1.54, 1.807) is 6.92 Å². The molecule has 2 rings (SSSR count). The highest BCUT2D eigenvalue weighted by atomic mass is 32.2. The Balaban J connectivity index is 2.20. The zero-order chi connectivity index (χ0) is 14.8. The Morgan fingerprint density at radius 3 is 2.95 bits per heavy atom. The van der Waals surface area contributed by atoms with E-state index in [-0.39, 0.29) is 5.56 Å². The lowest BCUT2D eigenvalue weighted by atomic mass is 10.2. The maximum absolute atomic E-state index is 13.1. The molecule has 20 heavy (non-hydrogen) atoms. The Morgan fingerprint density at radius 1 is 1.55 bits per heavy atom. The number of sulfonamides is 1. The van der Waals surface area contributed by atoms with Crippen molar-refractivity contribution in [3.63, 3.8) is 0 Å². The Hall–Kier alpha value is -1.65. The molecule has 0 bridgehead atoms. The number of hydrogen-bond donors (Lipinski definition) is 1. The Labute approximate surface area is 118 Å². The lowest BCUT2D eigenvalue weighted by Gasteiger charge is -2.20. The van der Waals surface area contributed by atoms with Gasteiger partial charge in [-0.1, -0.05) is 6.92 Å². The third kappa shape index (κ3) is 2.92. The molecule has 5 nitrogen and oxygen atoms in total. The average Bonchev–Trinajstić information content (AvgIpc) is 2.88. The molecule has 1 fully saturated rings. The van der Waals surface area contributed by atoms with Crippen molar-refractivity contribution in [2.45, 2.75) is 18.6 Å². The Bertz CT molecular complexity index is 640. The van der Waals surface area contributed by atoms with E-state index in [2.05, 4.69) is 4.72 Å². The van der Waals surface area contributed by atoms with Crippen LogP contribution in [0.2, 0.25) is 0 Å². The molecule has 1 aliphatic heterocycles. The number of nitrogens with one attached hydrogen (secondary N) is 1. The first-order valence-electron chi connectivity index (χ1n) is 6.41. The maximum Gasteiger partial charge on any atom is 0.216 e. The van der Waals surface area contributed by atoms with Gasteiger partial charge >= 0.3 is 0 Å². The van der Waals surface area contributed by atoms with E-state index in [9.17, 15) is 12.8 Å². The zero-order valence-corrected chi connectivity index (χ0v) is 12.0. The molecule has 0 amide bonds. The normalized spacial score (nSPS) is 19.1. The topological polar surface area (TPSA) is 73.2 Å². The summed E-state index contributed by atoms with van der Waals surface area (Å²) in [4.78, 5) is 1.82. The van der Waals surface area contributed by atoms with Gasteiger partial charge in [-0.15, -0.1) is 0 Å². The smallest absolute Gasteiger partial charge is 0.216 e. The first kappa shape index (κ1) is 14.8. The van der Waals surface area contributed by atoms with Crippen molar-refractivity contribution in [3.8, 4) is 6.07 Å². The standard InChI is InChI=1S/C13H16FN3O2S/c1-2-16-20(18,19)12-5-6-17(9-12)13-4-3-11(14)7-10(13)8-15/h3-4,7,12,16H,2,5-6,9H2,1H3/t12-/m0/s1. The van der Waals surface area contributed by atoms with Gasteiger partial charge in [0.1, 0.15) is 11.9 Å². The van der Waals surface area contributed by atoms with Gasteiger partial charge in [-0.05, 0) is 24.6 Å². The predicted molar refractivity (Wildman–Crippen MR) is 74.3 cm³/mol. The zero-order valence-electron chi connectivity index (χ0n) is 11.1. The molecule has 1 atom stereocenters. The summed E-state index contributed by atoms with van der Waals surface area (Å²) in [6, 6.07) is 5.92. The molecule has 0 radical (unpaired) electrons. The van der Waals surface area contributed by atoms with Gasteiger partial charge in [-0.3, -0.25) is 0 Å². The first-order valence-corrected chi connectivity index (χ1v) is 7.95. The number of halogens is 1. The number of nitrogens with zero attached hydrogens (tertiary/aromatic N) is 2. The third-order valence-electron chi connectivity index (χ3n) is 3.35. The molecule has 108 valence electrons. The third-order valence-corrected chi connectivity index (χ3v) is 5.30. The average molecular weight is 297 g/mol. The van der Waals surface area contributed by atoms with Crippen LogP contribution in [0.5, 0.6) is 0 Å². The molecule has 0 saturated carbocycles. The van der Waals surface area contributed by atoms with Crippen molar-refractivity contribution in [3.05, 3.63) is 29.6 Å². The fraction of sp³-hybridized carbons (Fsp3) is 0.462. The molecule has 1 aromatic rings. The van der Waals surface area contributed by atoms with Crippen molar-refractivity contribution >= 4 is 15.7 Å². The van der Waals surface area contributed by atoms with Crippen LogP contribution < -0.4 is 9.62 Å². The molecule has 1 saturated heterocycles.